The van der Waals surface area contributed by atoms with Crippen LogP contribution in [-0.4, -0.2) is 19.0 Å². The predicted octanol–water partition coefficient (Wildman–Crippen LogP) is 4.15. The van der Waals surface area contributed by atoms with E-state index in [9.17, 15) is 9.59 Å². The Kier molecular flexibility index (Phi) is 5.35. The molecule has 0 aliphatic heterocycles. The molecule has 0 saturated carbocycles. The van der Waals surface area contributed by atoms with Crippen LogP contribution < -0.4 is 5.32 Å². The fourth-order valence-corrected chi connectivity index (χ4v) is 2.80. The first-order valence-corrected chi connectivity index (χ1v) is 7.68. The molecule has 2 rings (SSSR count). The molecule has 1 heterocycles. The van der Waals surface area contributed by atoms with Gasteiger partial charge < -0.3 is 10.1 Å². The fourth-order valence-electron chi connectivity index (χ4n) is 1.75. The Balaban J connectivity index is 2.11. The summed E-state index contributed by atoms with van der Waals surface area (Å²) >= 11 is 7.04. The van der Waals surface area contributed by atoms with Crippen molar-refractivity contribution in [3.8, 4) is 0 Å². The molecule has 114 valence electrons. The molecular weight excluding hydrogens is 322 g/mol. The van der Waals surface area contributed by atoms with Crippen LogP contribution in [0.3, 0.4) is 0 Å². The van der Waals surface area contributed by atoms with Crippen molar-refractivity contribution in [3.05, 3.63) is 56.7 Å². The highest BCUT2D eigenvalue weighted by Crippen LogP contribution is 2.28. The zero-order valence-electron chi connectivity index (χ0n) is 12.1. The van der Waals surface area contributed by atoms with Crippen LogP contribution in [0.15, 0.2) is 35.7 Å². The molecule has 0 unspecified atom stereocenters. The van der Waals surface area contributed by atoms with E-state index in [1.165, 1.54) is 24.5 Å². The second kappa shape index (κ2) is 7.24. The lowest BCUT2D eigenvalue weighted by Gasteiger charge is -2.04. The summed E-state index contributed by atoms with van der Waals surface area (Å²) in [5.74, 6) is -0.781. The van der Waals surface area contributed by atoms with Gasteiger partial charge in [0.2, 0.25) is 5.91 Å². The van der Waals surface area contributed by atoms with Crippen LogP contribution in [0.4, 0.5) is 5.69 Å². The number of methoxy groups -OCH3 is 1. The summed E-state index contributed by atoms with van der Waals surface area (Å²) in [7, 11) is 1.31. The van der Waals surface area contributed by atoms with Crippen molar-refractivity contribution in [2.75, 3.05) is 12.4 Å². The largest absolute Gasteiger partial charge is 0.465 e. The van der Waals surface area contributed by atoms with Crippen LogP contribution >= 0.6 is 22.9 Å². The number of aryl methyl sites for hydroxylation is 1. The molecule has 0 bridgehead atoms. The molecule has 0 radical (unpaired) electrons. The van der Waals surface area contributed by atoms with Crippen LogP contribution in [0.5, 0.6) is 0 Å². The third kappa shape index (κ3) is 3.96. The molecule has 4 nitrogen and oxygen atoms in total. The van der Waals surface area contributed by atoms with E-state index in [1.54, 1.807) is 23.6 Å². The number of hydrogen-bond acceptors (Lipinski definition) is 4. The van der Waals surface area contributed by atoms with Crippen molar-refractivity contribution in [3.63, 3.8) is 0 Å². The van der Waals surface area contributed by atoms with Crippen molar-refractivity contribution < 1.29 is 14.3 Å². The van der Waals surface area contributed by atoms with E-state index in [-0.39, 0.29) is 5.91 Å². The molecular formula is C16H14ClNO3S. The molecule has 1 aromatic carbocycles. The van der Waals surface area contributed by atoms with Gasteiger partial charge in [-0.05, 0) is 41.6 Å². The Morgan fingerprint density at radius 1 is 1.27 bits per heavy atom. The standard InChI is InChI=1S/C16H14ClNO3S/c1-10-9-22-15(16(20)21-2)14(10)18-13(19)8-5-11-3-6-12(17)7-4-11/h3-9H,1-2H3,(H,18,19). The number of carbonyl (C=O) groups excluding carboxylic acids is 2. The summed E-state index contributed by atoms with van der Waals surface area (Å²) in [6.07, 6.45) is 3.08. The topological polar surface area (TPSA) is 55.4 Å². The first kappa shape index (κ1) is 16.3. The van der Waals surface area contributed by atoms with Crippen molar-refractivity contribution >= 4 is 46.6 Å². The number of thiophene rings is 1. The van der Waals surface area contributed by atoms with E-state index in [0.717, 1.165) is 11.1 Å². The molecule has 2 aromatic rings. The van der Waals surface area contributed by atoms with Gasteiger partial charge in [0.15, 0.2) is 0 Å². The average molecular weight is 336 g/mol. The molecule has 0 aliphatic rings. The van der Waals surface area contributed by atoms with Gasteiger partial charge in [-0.1, -0.05) is 23.7 Å². The maximum atomic E-state index is 12.0. The summed E-state index contributed by atoms with van der Waals surface area (Å²) in [4.78, 5) is 24.0. The van der Waals surface area contributed by atoms with Crippen LogP contribution in [0, 0.1) is 6.92 Å². The molecule has 0 spiro atoms. The molecule has 1 aromatic heterocycles. The normalized spacial score (nSPS) is 10.7. The number of hydrogen-bond donors (Lipinski definition) is 1. The summed E-state index contributed by atoms with van der Waals surface area (Å²) in [5.41, 5.74) is 2.16. The molecule has 22 heavy (non-hydrogen) atoms. The van der Waals surface area contributed by atoms with Crippen molar-refractivity contribution in [1.82, 2.24) is 0 Å². The molecule has 1 amide bonds. The van der Waals surface area contributed by atoms with Crippen LogP contribution in [0.1, 0.15) is 20.8 Å². The van der Waals surface area contributed by atoms with E-state index in [1.807, 2.05) is 19.1 Å². The van der Waals surface area contributed by atoms with Gasteiger partial charge in [0, 0.05) is 11.1 Å². The lowest BCUT2D eigenvalue weighted by molar-refractivity contribution is -0.111. The van der Waals surface area contributed by atoms with E-state index >= 15 is 0 Å². The minimum atomic E-state index is -0.463. The number of ether oxygens (including phenoxy) is 1. The smallest absolute Gasteiger partial charge is 0.350 e. The van der Waals surface area contributed by atoms with E-state index in [2.05, 4.69) is 5.32 Å². The molecule has 6 heteroatoms. The highest BCUT2D eigenvalue weighted by molar-refractivity contribution is 7.12. The number of esters is 1. The van der Waals surface area contributed by atoms with Crippen molar-refractivity contribution in [1.29, 1.82) is 0 Å². The third-order valence-electron chi connectivity index (χ3n) is 2.89. The Morgan fingerprint density at radius 2 is 1.95 bits per heavy atom. The SMILES string of the molecule is COC(=O)c1scc(C)c1NC(=O)C=Cc1ccc(Cl)cc1. The highest BCUT2D eigenvalue weighted by atomic mass is 35.5. The number of benzene rings is 1. The first-order valence-electron chi connectivity index (χ1n) is 6.42. The minimum absolute atomic E-state index is 0.318. The molecule has 0 aliphatic carbocycles. The maximum Gasteiger partial charge on any atom is 0.350 e. The number of carbonyl (C=O) groups is 2. The van der Waals surface area contributed by atoms with E-state index in [0.29, 0.717) is 15.6 Å². The van der Waals surface area contributed by atoms with E-state index in [4.69, 9.17) is 16.3 Å². The van der Waals surface area contributed by atoms with Gasteiger partial charge in [-0.2, -0.15) is 0 Å². The van der Waals surface area contributed by atoms with Gasteiger partial charge in [-0.25, -0.2) is 4.79 Å². The second-order valence-electron chi connectivity index (χ2n) is 4.49. The Morgan fingerprint density at radius 3 is 2.59 bits per heavy atom. The molecule has 0 atom stereocenters. The van der Waals surface area contributed by atoms with Gasteiger partial charge in [-0.15, -0.1) is 11.3 Å². The number of anilines is 1. The summed E-state index contributed by atoms with van der Waals surface area (Å²) in [6, 6.07) is 7.11. The van der Waals surface area contributed by atoms with Gasteiger partial charge in [0.25, 0.3) is 0 Å². The van der Waals surface area contributed by atoms with E-state index < -0.39 is 5.97 Å². The van der Waals surface area contributed by atoms with Gasteiger partial charge in [-0.3, -0.25) is 4.79 Å². The fraction of sp³-hybridized carbons (Fsp3) is 0.125. The van der Waals surface area contributed by atoms with Gasteiger partial charge >= 0.3 is 5.97 Å². The summed E-state index contributed by atoms with van der Waals surface area (Å²) < 4.78 is 4.70. The second-order valence-corrected chi connectivity index (χ2v) is 5.80. The zero-order chi connectivity index (χ0) is 16.1. The molecule has 0 saturated heterocycles. The van der Waals surface area contributed by atoms with Gasteiger partial charge in [0.05, 0.1) is 12.8 Å². The van der Waals surface area contributed by atoms with Gasteiger partial charge in [0.1, 0.15) is 4.88 Å². The lowest BCUT2D eigenvalue weighted by Crippen LogP contribution is -2.11. The Labute approximate surface area is 137 Å². The Bertz CT molecular complexity index is 719. The van der Waals surface area contributed by atoms with Crippen molar-refractivity contribution in [2.24, 2.45) is 0 Å². The average Bonchev–Trinajstić information content (AvgIpc) is 2.87. The number of rotatable bonds is 4. The summed E-state index contributed by atoms with van der Waals surface area (Å²) in [6.45, 7) is 1.82. The minimum Gasteiger partial charge on any atom is -0.465 e. The number of nitrogens with one attached hydrogen (secondary N) is 1. The quantitative estimate of drug-likeness (QED) is 0.674. The maximum absolute atomic E-state index is 12.0. The lowest BCUT2D eigenvalue weighted by atomic mass is 10.2. The predicted molar refractivity (Wildman–Crippen MR) is 89.5 cm³/mol. The number of amides is 1. The van der Waals surface area contributed by atoms with Crippen LogP contribution in [-0.2, 0) is 9.53 Å². The van der Waals surface area contributed by atoms with Crippen LogP contribution in [0.25, 0.3) is 6.08 Å². The number of halogens is 1. The van der Waals surface area contributed by atoms with Crippen molar-refractivity contribution in [2.45, 2.75) is 6.92 Å². The van der Waals surface area contributed by atoms with Crippen LogP contribution in [0.2, 0.25) is 5.02 Å². The highest BCUT2D eigenvalue weighted by Gasteiger charge is 2.17. The zero-order valence-corrected chi connectivity index (χ0v) is 13.6. The third-order valence-corrected chi connectivity index (χ3v) is 4.22. The monoisotopic (exact) mass is 335 g/mol. The molecule has 1 N–H and O–H groups in total. The summed E-state index contributed by atoms with van der Waals surface area (Å²) in [5, 5.41) is 5.15. The molecule has 0 fully saturated rings. The Hall–Kier alpha value is -2.11. The first-order chi connectivity index (χ1) is 10.5.